The van der Waals surface area contributed by atoms with Gasteiger partial charge in [0.2, 0.25) is 0 Å². The van der Waals surface area contributed by atoms with E-state index in [1.165, 1.54) is 6.33 Å². The van der Waals surface area contributed by atoms with Gasteiger partial charge in [0.05, 0.1) is 17.5 Å². The largest absolute Gasteiger partial charge is 0.457 e. The molecule has 0 spiro atoms. The highest BCUT2D eigenvalue weighted by atomic mass is 19.1. The van der Waals surface area contributed by atoms with Crippen molar-refractivity contribution >= 4 is 23.4 Å². The van der Waals surface area contributed by atoms with E-state index in [0.717, 1.165) is 17.5 Å². The molecule has 1 aromatic carbocycles. The first kappa shape index (κ1) is 28.9. The number of aromatic nitrogens is 3. The Labute approximate surface area is 234 Å². The number of rotatable bonds is 9. The second-order valence-electron chi connectivity index (χ2n) is 10.6. The molecular weight excluding hydrogens is 511 g/mol. The smallest absolute Gasteiger partial charge is 0.176 e. The van der Waals surface area contributed by atoms with Gasteiger partial charge in [-0.1, -0.05) is 12.5 Å². The highest BCUT2D eigenvalue weighted by Gasteiger charge is 2.26. The first-order valence-electron chi connectivity index (χ1n) is 13.1. The zero-order valence-electron chi connectivity index (χ0n) is 24.0. The summed E-state index contributed by atoms with van der Waals surface area (Å²) >= 11 is 0. The van der Waals surface area contributed by atoms with Gasteiger partial charge in [-0.2, -0.15) is 0 Å². The first-order valence-corrected chi connectivity index (χ1v) is 13.1. The van der Waals surface area contributed by atoms with Crippen LogP contribution in [-0.4, -0.2) is 56.2 Å². The third kappa shape index (κ3) is 6.91. The Morgan fingerprint density at radius 1 is 1.32 bits per heavy atom. The number of anilines is 3. The molecule has 40 heavy (non-hydrogen) atoms. The molecule has 11 heteroatoms. The summed E-state index contributed by atoms with van der Waals surface area (Å²) in [5.74, 6) is 0.892. The van der Waals surface area contributed by atoms with Crippen LogP contribution in [-0.2, 0) is 7.05 Å². The van der Waals surface area contributed by atoms with Crippen molar-refractivity contribution < 1.29 is 14.2 Å². The number of allylic oxidation sites excluding steroid dienone is 1. The molecule has 3 N–H and O–H groups in total. The molecule has 4 rings (SSSR count). The van der Waals surface area contributed by atoms with Crippen molar-refractivity contribution in [1.82, 2.24) is 19.4 Å². The summed E-state index contributed by atoms with van der Waals surface area (Å²) < 4.78 is 23.5. The van der Waals surface area contributed by atoms with Crippen LogP contribution < -0.4 is 20.9 Å². The monoisotopic (exact) mass is 548 g/mol. The fourth-order valence-corrected chi connectivity index (χ4v) is 4.09. The van der Waals surface area contributed by atoms with Crippen LogP contribution in [0.2, 0.25) is 0 Å². The maximum atomic E-state index is 15.6. The molecule has 0 saturated carbocycles. The minimum atomic E-state index is -0.899. The molecular formula is C29H37FN8O2. The van der Waals surface area contributed by atoms with Gasteiger partial charge in [0.15, 0.2) is 17.9 Å². The number of hydrogen-bond donors (Lipinski definition) is 3. The van der Waals surface area contributed by atoms with Gasteiger partial charge in [-0.3, -0.25) is 9.89 Å². The number of aliphatic imine (C=N–C) groups is 1. The van der Waals surface area contributed by atoms with Crippen LogP contribution in [0.3, 0.4) is 0 Å². The number of aryl methyl sites for hydroxylation is 1. The van der Waals surface area contributed by atoms with E-state index in [9.17, 15) is 5.11 Å². The van der Waals surface area contributed by atoms with E-state index < -0.39 is 17.7 Å². The molecule has 1 aliphatic rings. The lowest BCUT2D eigenvalue weighted by molar-refractivity contribution is 0.0358. The number of halogens is 1. The summed E-state index contributed by atoms with van der Waals surface area (Å²) in [6, 6.07) is 6.95. The quantitative estimate of drug-likeness (QED) is 0.351. The van der Waals surface area contributed by atoms with Crippen LogP contribution in [0.4, 0.5) is 21.6 Å². The first-order chi connectivity index (χ1) is 18.9. The van der Waals surface area contributed by atoms with E-state index in [0.29, 0.717) is 40.8 Å². The predicted molar refractivity (Wildman–Crippen MR) is 155 cm³/mol. The van der Waals surface area contributed by atoms with Gasteiger partial charge in [0.1, 0.15) is 34.7 Å². The van der Waals surface area contributed by atoms with Crippen molar-refractivity contribution in [2.24, 2.45) is 17.0 Å². The van der Waals surface area contributed by atoms with Crippen LogP contribution >= 0.6 is 0 Å². The number of pyridine rings is 1. The fraction of sp³-hybridized carbons (Fsp3) is 0.379. The lowest BCUT2D eigenvalue weighted by atomic mass is 10.1. The molecule has 1 unspecified atom stereocenters. The molecule has 2 aromatic heterocycles. The van der Waals surface area contributed by atoms with Crippen LogP contribution in [0.25, 0.3) is 0 Å². The third-order valence-electron chi connectivity index (χ3n) is 6.43. The van der Waals surface area contributed by atoms with Gasteiger partial charge in [0.25, 0.3) is 0 Å². The van der Waals surface area contributed by atoms with Gasteiger partial charge in [-0.15, -0.1) is 0 Å². The van der Waals surface area contributed by atoms with Gasteiger partial charge < -0.3 is 25.0 Å². The number of aliphatic hydroxyl groups is 1. The summed E-state index contributed by atoms with van der Waals surface area (Å²) in [6.45, 7) is 9.62. The summed E-state index contributed by atoms with van der Waals surface area (Å²) in [5, 5.41) is 16.6. The molecule has 10 nitrogen and oxygen atoms in total. The molecule has 3 heterocycles. The van der Waals surface area contributed by atoms with Crippen molar-refractivity contribution in [2.45, 2.75) is 52.9 Å². The second-order valence-corrected chi connectivity index (χ2v) is 10.6. The SMILES string of the molecule is CCC(C)=CN=c1cc(Oc2ccc(Nc3ncnc4c3NC(N(C)CC(C)(C)O)N=C4)c(F)c2C)ccn1C. The topological polar surface area (TPSA) is 112 Å². The summed E-state index contributed by atoms with van der Waals surface area (Å²) in [6.07, 6.45) is 7.20. The van der Waals surface area contributed by atoms with Crippen molar-refractivity contribution in [3.63, 3.8) is 0 Å². The zero-order chi connectivity index (χ0) is 29.0. The van der Waals surface area contributed by atoms with Gasteiger partial charge >= 0.3 is 0 Å². The molecule has 0 bridgehead atoms. The number of nitrogens with zero attached hydrogens (tertiary/aromatic N) is 6. The van der Waals surface area contributed by atoms with Crippen molar-refractivity contribution in [3.05, 3.63) is 71.1 Å². The highest BCUT2D eigenvalue weighted by Crippen LogP contribution is 2.34. The van der Waals surface area contributed by atoms with Gasteiger partial charge in [0, 0.05) is 37.6 Å². The maximum Gasteiger partial charge on any atom is 0.176 e. The lowest BCUT2D eigenvalue weighted by Gasteiger charge is -2.33. The van der Waals surface area contributed by atoms with E-state index in [4.69, 9.17) is 4.74 Å². The van der Waals surface area contributed by atoms with Crippen molar-refractivity contribution in [1.29, 1.82) is 0 Å². The Balaban J connectivity index is 1.56. The molecule has 1 atom stereocenters. The van der Waals surface area contributed by atoms with E-state index in [1.807, 2.05) is 55.0 Å². The molecule has 0 amide bonds. The van der Waals surface area contributed by atoms with Crippen LogP contribution in [0.1, 0.15) is 45.4 Å². The summed E-state index contributed by atoms with van der Waals surface area (Å²) in [5.41, 5.74) is 2.73. The standard InChI is InChI=1S/C29H37FN8O2/c1-8-18(2)14-31-24-13-20(11-12-37(24)6)40-23-10-9-21(25(30)19(23)3)35-27-26-22(33-17-34-27)15-32-28(36-26)38(7)16-29(4,5)39/h9-15,17,28,36,39H,8,16H2,1-7H3,(H,33,34,35). The van der Waals surface area contributed by atoms with E-state index in [-0.39, 0.29) is 5.69 Å². The van der Waals surface area contributed by atoms with Gasteiger partial charge in [-0.05, 0) is 59.4 Å². The predicted octanol–water partition coefficient (Wildman–Crippen LogP) is 4.84. The number of fused-ring (bicyclic) bond motifs is 1. The normalized spacial score (nSPS) is 15.7. The second kappa shape index (κ2) is 12.0. The molecule has 212 valence electrons. The van der Waals surface area contributed by atoms with Gasteiger partial charge in [-0.25, -0.2) is 19.4 Å². The lowest BCUT2D eigenvalue weighted by Crippen LogP contribution is -2.45. The number of benzene rings is 1. The van der Waals surface area contributed by atoms with E-state index in [2.05, 4.69) is 37.5 Å². The zero-order valence-corrected chi connectivity index (χ0v) is 24.0. The highest BCUT2D eigenvalue weighted by molar-refractivity contribution is 5.92. The van der Waals surface area contributed by atoms with Crippen molar-refractivity contribution in [2.75, 3.05) is 24.2 Å². The molecule has 1 aliphatic heterocycles. The average molecular weight is 549 g/mol. The fourth-order valence-electron chi connectivity index (χ4n) is 4.09. The Bertz CT molecular complexity index is 1510. The average Bonchev–Trinajstić information content (AvgIpc) is 2.91. The Hall–Kier alpha value is -4.09. The minimum absolute atomic E-state index is 0.242. The maximum absolute atomic E-state index is 15.6. The van der Waals surface area contributed by atoms with Crippen molar-refractivity contribution in [3.8, 4) is 11.5 Å². The van der Waals surface area contributed by atoms with Crippen LogP contribution in [0, 0.1) is 12.7 Å². The van der Waals surface area contributed by atoms with E-state index >= 15 is 4.39 Å². The molecule has 3 aromatic rings. The minimum Gasteiger partial charge on any atom is -0.457 e. The molecule has 0 fully saturated rings. The molecule has 0 aliphatic carbocycles. The Kier molecular flexibility index (Phi) is 8.65. The number of ether oxygens (including phenoxy) is 1. The third-order valence-corrected chi connectivity index (χ3v) is 6.43. The number of hydrogen-bond acceptors (Lipinski definition) is 9. The van der Waals surface area contributed by atoms with Crippen LogP contribution in [0.15, 0.2) is 58.5 Å². The van der Waals surface area contributed by atoms with E-state index in [1.54, 1.807) is 39.1 Å². The molecule has 0 saturated heterocycles. The number of nitrogens with one attached hydrogen (secondary N) is 2. The Morgan fingerprint density at radius 2 is 2.10 bits per heavy atom. The van der Waals surface area contributed by atoms with Crippen LogP contribution in [0.5, 0.6) is 11.5 Å². The summed E-state index contributed by atoms with van der Waals surface area (Å²) in [7, 11) is 3.76. The summed E-state index contributed by atoms with van der Waals surface area (Å²) in [4.78, 5) is 19.5. The number of likely N-dealkylation sites (N-methyl/N-ethyl adjacent to an activating group) is 1. The molecule has 0 radical (unpaired) electrons. The Morgan fingerprint density at radius 3 is 2.83 bits per heavy atom.